The summed E-state index contributed by atoms with van der Waals surface area (Å²) in [6, 6.07) is 67.2. The predicted octanol–water partition coefficient (Wildman–Crippen LogP) is 13.8. The van der Waals surface area contributed by atoms with Crippen molar-refractivity contribution in [3.63, 3.8) is 0 Å². The Balaban J connectivity index is 1.17. The number of rotatable bonds is 6. The summed E-state index contributed by atoms with van der Waals surface area (Å²) in [5.41, 5.74) is 11.9. The fourth-order valence-electron chi connectivity index (χ4n) is 7.71. The number of anilines is 3. The molecule has 2 heterocycles. The van der Waals surface area contributed by atoms with Crippen LogP contribution in [0, 0.1) is 0 Å². The van der Waals surface area contributed by atoms with Gasteiger partial charge in [-0.2, -0.15) is 0 Å². The van der Waals surface area contributed by atoms with Crippen molar-refractivity contribution in [3.05, 3.63) is 194 Å². The van der Waals surface area contributed by atoms with Crippen molar-refractivity contribution in [1.29, 1.82) is 0 Å². The summed E-state index contributed by atoms with van der Waals surface area (Å²) in [5, 5.41) is 6.74. The number of benzene rings is 8. The molecule has 2 aromatic heterocycles. The Morgan fingerprint density at radius 3 is 1.79 bits per heavy atom. The Kier molecular flexibility index (Phi) is 7.14. The van der Waals surface area contributed by atoms with Gasteiger partial charge in [0.25, 0.3) is 0 Å². The summed E-state index contributed by atoms with van der Waals surface area (Å²) in [5.74, 6) is 0. The normalized spacial score (nSPS) is 11.5. The van der Waals surface area contributed by atoms with Gasteiger partial charge in [0.05, 0.1) is 5.69 Å². The number of furan rings is 1. The number of para-hydroxylation sites is 1. The van der Waals surface area contributed by atoms with Crippen LogP contribution in [0.2, 0.25) is 0 Å². The third kappa shape index (κ3) is 5.02. The van der Waals surface area contributed by atoms with Gasteiger partial charge in [-0.15, -0.1) is 0 Å². The van der Waals surface area contributed by atoms with Crippen molar-refractivity contribution in [3.8, 4) is 33.4 Å². The first kappa shape index (κ1) is 29.9. The van der Waals surface area contributed by atoms with Crippen LogP contribution in [0.4, 0.5) is 17.1 Å². The van der Waals surface area contributed by atoms with Crippen LogP contribution in [0.3, 0.4) is 0 Å². The van der Waals surface area contributed by atoms with Gasteiger partial charge in [-0.25, -0.2) is 4.98 Å². The van der Waals surface area contributed by atoms with Crippen molar-refractivity contribution < 1.29 is 4.42 Å². The number of fused-ring (bicyclic) bond motifs is 6. The van der Waals surface area contributed by atoms with Crippen LogP contribution < -0.4 is 4.90 Å². The molecule has 0 bridgehead atoms. The molecule has 0 atom stereocenters. The van der Waals surface area contributed by atoms with E-state index >= 15 is 0 Å². The standard InChI is InChI=1S/C49H32N2O/c1-3-13-33(14-4-1)39-28-29-40(44-21-8-7-20-43(39)44)35-17-11-18-37(31-35)51(47-23-10-9-19-41(47)34-15-5-2-6-16-34)38-25-27-42-36(32-38)24-26-45-46-22-12-30-50-49(46)52-48(42)45/h1-32H. The molecule has 10 aromatic rings. The average Bonchev–Trinajstić information content (AvgIpc) is 3.61. The van der Waals surface area contributed by atoms with E-state index in [4.69, 9.17) is 4.42 Å². The van der Waals surface area contributed by atoms with Gasteiger partial charge in [0.15, 0.2) is 0 Å². The minimum absolute atomic E-state index is 0.661. The first-order valence-corrected chi connectivity index (χ1v) is 17.6. The summed E-state index contributed by atoms with van der Waals surface area (Å²) in [7, 11) is 0. The lowest BCUT2D eigenvalue weighted by Gasteiger charge is -2.28. The summed E-state index contributed by atoms with van der Waals surface area (Å²) < 4.78 is 6.32. The largest absolute Gasteiger partial charge is 0.437 e. The van der Waals surface area contributed by atoms with Crippen LogP contribution in [0.5, 0.6) is 0 Å². The fourth-order valence-corrected chi connectivity index (χ4v) is 7.71. The van der Waals surface area contributed by atoms with Gasteiger partial charge in [0.1, 0.15) is 5.58 Å². The molecule has 0 saturated carbocycles. The molecule has 0 fully saturated rings. The molecular weight excluding hydrogens is 633 g/mol. The van der Waals surface area contributed by atoms with E-state index in [0.29, 0.717) is 5.71 Å². The molecule has 244 valence electrons. The molecule has 0 unspecified atom stereocenters. The number of hydrogen-bond acceptors (Lipinski definition) is 3. The van der Waals surface area contributed by atoms with Gasteiger partial charge < -0.3 is 9.32 Å². The van der Waals surface area contributed by atoms with E-state index in [2.05, 4.69) is 192 Å². The quantitative estimate of drug-likeness (QED) is 0.177. The molecule has 0 aliphatic carbocycles. The van der Waals surface area contributed by atoms with Crippen LogP contribution in [0.15, 0.2) is 199 Å². The third-order valence-corrected chi connectivity index (χ3v) is 10.1. The summed E-state index contributed by atoms with van der Waals surface area (Å²) in [6.45, 7) is 0. The number of hydrogen-bond donors (Lipinski definition) is 0. The van der Waals surface area contributed by atoms with Crippen LogP contribution in [0.1, 0.15) is 0 Å². The summed E-state index contributed by atoms with van der Waals surface area (Å²) >= 11 is 0. The second-order valence-electron chi connectivity index (χ2n) is 13.1. The second kappa shape index (κ2) is 12.4. The topological polar surface area (TPSA) is 29.3 Å². The van der Waals surface area contributed by atoms with Crippen molar-refractivity contribution in [2.45, 2.75) is 0 Å². The molecule has 52 heavy (non-hydrogen) atoms. The van der Waals surface area contributed by atoms with E-state index in [0.717, 1.165) is 55.3 Å². The van der Waals surface area contributed by atoms with Gasteiger partial charge in [0.2, 0.25) is 5.71 Å². The van der Waals surface area contributed by atoms with Crippen LogP contribution in [-0.2, 0) is 0 Å². The first-order chi connectivity index (χ1) is 25.8. The van der Waals surface area contributed by atoms with Crippen LogP contribution >= 0.6 is 0 Å². The maximum absolute atomic E-state index is 6.32. The lowest BCUT2D eigenvalue weighted by Crippen LogP contribution is -2.11. The highest BCUT2D eigenvalue weighted by Gasteiger charge is 2.20. The molecule has 0 spiro atoms. The highest BCUT2D eigenvalue weighted by atomic mass is 16.3. The Bertz CT molecular complexity index is 2910. The minimum atomic E-state index is 0.661. The van der Waals surface area contributed by atoms with Crippen molar-refractivity contribution in [2.75, 3.05) is 4.90 Å². The van der Waals surface area contributed by atoms with E-state index in [1.54, 1.807) is 6.20 Å². The lowest BCUT2D eigenvalue weighted by molar-refractivity contribution is 0.657. The zero-order valence-electron chi connectivity index (χ0n) is 28.3. The molecule has 0 saturated heterocycles. The molecule has 0 N–H and O–H groups in total. The Hall–Kier alpha value is -6.97. The van der Waals surface area contributed by atoms with Crippen molar-refractivity contribution in [1.82, 2.24) is 4.98 Å². The molecule has 10 rings (SSSR count). The second-order valence-corrected chi connectivity index (χ2v) is 13.1. The number of aromatic nitrogens is 1. The van der Waals surface area contributed by atoms with E-state index in [9.17, 15) is 0 Å². The Morgan fingerprint density at radius 1 is 0.385 bits per heavy atom. The van der Waals surface area contributed by atoms with Crippen LogP contribution in [-0.4, -0.2) is 4.98 Å². The van der Waals surface area contributed by atoms with Gasteiger partial charge in [-0.1, -0.05) is 133 Å². The molecular formula is C49H32N2O. The van der Waals surface area contributed by atoms with E-state index in [-0.39, 0.29) is 0 Å². The highest BCUT2D eigenvalue weighted by Crippen LogP contribution is 2.44. The molecule has 0 amide bonds. The predicted molar refractivity (Wildman–Crippen MR) is 218 cm³/mol. The van der Waals surface area contributed by atoms with Gasteiger partial charge in [0, 0.05) is 39.3 Å². The highest BCUT2D eigenvalue weighted by molar-refractivity contribution is 6.15. The van der Waals surface area contributed by atoms with Gasteiger partial charge in [-0.05, 0) is 98.6 Å². The summed E-state index contributed by atoms with van der Waals surface area (Å²) in [6.07, 6.45) is 1.78. The first-order valence-electron chi connectivity index (χ1n) is 17.6. The van der Waals surface area contributed by atoms with E-state index in [1.807, 2.05) is 6.07 Å². The molecule has 8 aromatic carbocycles. The monoisotopic (exact) mass is 664 g/mol. The zero-order chi connectivity index (χ0) is 34.4. The molecule has 0 aliphatic heterocycles. The number of nitrogens with zero attached hydrogens (tertiary/aromatic N) is 2. The number of pyridine rings is 1. The fraction of sp³-hybridized carbons (Fsp3) is 0. The van der Waals surface area contributed by atoms with Crippen LogP contribution in [0.25, 0.3) is 77.0 Å². The molecule has 3 nitrogen and oxygen atoms in total. The SMILES string of the molecule is c1ccc(-c2ccccc2N(c2cccc(-c3ccc(-c4ccccc4)c4ccccc34)c2)c2ccc3c(ccc4c5cccnc5oc34)c2)cc1. The van der Waals surface area contributed by atoms with Crippen molar-refractivity contribution >= 4 is 60.7 Å². The average molecular weight is 665 g/mol. The zero-order valence-corrected chi connectivity index (χ0v) is 28.3. The minimum Gasteiger partial charge on any atom is -0.437 e. The molecule has 0 radical (unpaired) electrons. The van der Waals surface area contributed by atoms with E-state index < -0.39 is 0 Å². The maximum atomic E-state index is 6.32. The molecule has 3 heteroatoms. The summed E-state index contributed by atoms with van der Waals surface area (Å²) in [4.78, 5) is 6.87. The molecule has 0 aliphatic rings. The van der Waals surface area contributed by atoms with Crippen molar-refractivity contribution in [2.24, 2.45) is 0 Å². The van der Waals surface area contributed by atoms with Gasteiger partial charge in [-0.3, -0.25) is 0 Å². The Morgan fingerprint density at radius 2 is 1.00 bits per heavy atom. The Labute approximate surface area is 301 Å². The smallest absolute Gasteiger partial charge is 0.227 e. The maximum Gasteiger partial charge on any atom is 0.227 e. The lowest BCUT2D eigenvalue weighted by atomic mass is 9.92. The van der Waals surface area contributed by atoms with E-state index in [1.165, 1.54) is 33.0 Å². The third-order valence-electron chi connectivity index (χ3n) is 10.1. The van der Waals surface area contributed by atoms with Gasteiger partial charge >= 0.3 is 0 Å².